The quantitative estimate of drug-likeness (QED) is 0.711. The summed E-state index contributed by atoms with van der Waals surface area (Å²) in [6.45, 7) is 5.38. The van der Waals surface area contributed by atoms with Crippen LogP contribution in [0.25, 0.3) is 6.08 Å². The summed E-state index contributed by atoms with van der Waals surface area (Å²) in [6, 6.07) is 14.8. The Labute approximate surface area is 183 Å². The van der Waals surface area contributed by atoms with Crippen molar-refractivity contribution in [3.05, 3.63) is 71.4 Å². The smallest absolute Gasteiger partial charge is 0.241 e. The van der Waals surface area contributed by atoms with Crippen LogP contribution in [0.5, 0.6) is 0 Å². The maximum Gasteiger partial charge on any atom is 0.241 e. The SMILES string of the molecule is CC(C)[C@H](NS(=O)(=O)/C=C/c1ccccc1)C(=O)N1CCN(c2ccccc2F)CC1. The number of nitrogens with one attached hydrogen (secondary N) is 1. The number of benzene rings is 2. The van der Waals surface area contributed by atoms with Crippen LogP contribution >= 0.6 is 0 Å². The first-order valence-electron chi connectivity index (χ1n) is 10.3. The summed E-state index contributed by atoms with van der Waals surface area (Å²) in [7, 11) is -3.81. The van der Waals surface area contributed by atoms with E-state index in [0.717, 1.165) is 11.0 Å². The van der Waals surface area contributed by atoms with Gasteiger partial charge in [-0.3, -0.25) is 4.79 Å². The van der Waals surface area contributed by atoms with Crippen molar-refractivity contribution >= 4 is 27.7 Å². The zero-order valence-corrected chi connectivity index (χ0v) is 18.6. The first-order chi connectivity index (χ1) is 14.8. The van der Waals surface area contributed by atoms with Crippen molar-refractivity contribution in [2.45, 2.75) is 19.9 Å². The standard InChI is InChI=1S/C23H28FN3O3S/c1-18(2)22(25-31(29,30)17-12-19-8-4-3-5-9-19)23(28)27-15-13-26(14-16-27)21-11-7-6-10-20(21)24/h3-12,17-18,22,25H,13-16H2,1-2H3/b17-12+/t22-/m0/s1. The lowest BCUT2D eigenvalue weighted by Crippen LogP contribution is -2.56. The molecule has 8 heteroatoms. The molecule has 0 bridgehead atoms. The molecule has 2 aromatic carbocycles. The van der Waals surface area contributed by atoms with Gasteiger partial charge in [0.15, 0.2) is 0 Å². The fourth-order valence-electron chi connectivity index (χ4n) is 3.49. The topological polar surface area (TPSA) is 69.7 Å². The van der Waals surface area contributed by atoms with Crippen LogP contribution in [-0.4, -0.2) is 51.4 Å². The fourth-order valence-corrected chi connectivity index (χ4v) is 4.63. The molecule has 6 nitrogen and oxygen atoms in total. The highest BCUT2D eigenvalue weighted by Crippen LogP contribution is 2.21. The van der Waals surface area contributed by atoms with E-state index in [1.807, 2.05) is 36.9 Å². The molecule has 3 rings (SSSR count). The van der Waals surface area contributed by atoms with Crippen molar-refractivity contribution in [3.8, 4) is 0 Å². The Balaban J connectivity index is 1.64. The maximum atomic E-state index is 14.0. The number of carbonyl (C=O) groups excluding carboxylic acids is 1. The molecule has 0 aliphatic carbocycles. The number of amides is 1. The normalized spacial score (nSPS) is 16.1. The highest BCUT2D eigenvalue weighted by Gasteiger charge is 2.32. The van der Waals surface area contributed by atoms with E-state index in [4.69, 9.17) is 0 Å². The van der Waals surface area contributed by atoms with E-state index in [1.54, 1.807) is 35.2 Å². The van der Waals surface area contributed by atoms with Crippen molar-refractivity contribution in [2.24, 2.45) is 5.92 Å². The molecule has 1 fully saturated rings. The summed E-state index contributed by atoms with van der Waals surface area (Å²) in [5.41, 5.74) is 1.27. The van der Waals surface area contributed by atoms with Crippen LogP contribution in [0.15, 0.2) is 60.0 Å². The lowest BCUT2D eigenvalue weighted by Gasteiger charge is -2.38. The second-order valence-corrected chi connectivity index (χ2v) is 9.46. The average Bonchev–Trinajstić information content (AvgIpc) is 2.77. The summed E-state index contributed by atoms with van der Waals surface area (Å²) in [5, 5.41) is 1.08. The van der Waals surface area contributed by atoms with Crippen LogP contribution in [0.1, 0.15) is 19.4 Å². The van der Waals surface area contributed by atoms with Gasteiger partial charge in [0, 0.05) is 31.6 Å². The van der Waals surface area contributed by atoms with Gasteiger partial charge in [-0.05, 0) is 29.7 Å². The van der Waals surface area contributed by atoms with Gasteiger partial charge in [0.1, 0.15) is 11.9 Å². The van der Waals surface area contributed by atoms with Crippen LogP contribution in [0, 0.1) is 11.7 Å². The molecule has 1 heterocycles. The van der Waals surface area contributed by atoms with Gasteiger partial charge in [-0.15, -0.1) is 0 Å². The molecule has 0 radical (unpaired) electrons. The van der Waals surface area contributed by atoms with E-state index in [2.05, 4.69) is 4.72 Å². The summed E-state index contributed by atoms with van der Waals surface area (Å²) < 4.78 is 41.7. The van der Waals surface area contributed by atoms with Crippen molar-refractivity contribution in [3.63, 3.8) is 0 Å². The Morgan fingerprint density at radius 3 is 2.23 bits per heavy atom. The lowest BCUT2D eigenvalue weighted by atomic mass is 10.0. The first-order valence-corrected chi connectivity index (χ1v) is 11.9. The molecule has 1 saturated heterocycles. The maximum absolute atomic E-state index is 14.0. The number of hydrogen-bond acceptors (Lipinski definition) is 4. The number of sulfonamides is 1. The van der Waals surface area contributed by atoms with Crippen LogP contribution in [0.3, 0.4) is 0 Å². The van der Waals surface area contributed by atoms with E-state index in [-0.39, 0.29) is 17.6 Å². The summed E-state index contributed by atoms with van der Waals surface area (Å²) in [4.78, 5) is 16.6. The van der Waals surface area contributed by atoms with Crippen LogP contribution < -0.4 is 9.62 Å². The second kappa shape index (κ2) is 10.1. The molecule has 1 aliphatic heterocycles. The zero-order chi connectivity index (χ0) is 22.4. The number of nitrogens with zero attached hydrogens (tertiary/aromatic N) is 2. The third kappa shape index (κ3) is 6.15. The van der Waals surface area contributed by atoms with E-state index < -0.39 is 16.1 Å². The summed E-state index contributed by atoms with van der Waals surface area (Å²) in [5.74, 6) is -0.780. The van der Waals surface area contributed by atoms with Gasteiger partial charge in [-0.25, -0.2) is 12.8 Å². The van der Waals surface area contributed by atoms with Crippen LogP contribution in [0.2, 0.25) is 0 Å². The fraction of sp³-hybridized carbons (Fsp3) is 0.348. The van der Waals surface area contributed by atoms with Crippen molar-refractivity contribution < 1.29 is 17.6 Å². The van der Waals surface area contributed by atoms with E-state index in [9.17, 15) is 17.6 Å². The predicted molar refractivity (Wildman–Crippen MR) is 121 cm³/mol. The Morgan fingerprint density at radius 2 is 1.61 bits per heavy atom. The monoisotopic (exact) mass is 445 g/mol. The van der Waals surface area contributed by atoms with Crippen LogP contribution in [-0.2, 0) is 14.8 Å². The van der Waals surface area contributed by atoms with Crippen LogP contribution in [0.4, 0.5) is 10.1 Å². The molecule has 1 amide bonds. The molecule has 0 spiro atoms. The molecule has 0 unspecified atom stereocenters. The molecule has 2 aromatic rings. The van der Waals surface area contributed by atoms with Gasteiger partial charge in [-0.2, -0.15) is 4.72 Å². The molecular weight excluding hydrogens is 417 g/mol. The van der Waals surface area contributed by atoms with Gasteiger partial charge in [-0.1, -0.05) is 56.3 Å². The van der Waals surface area contributed by atoms with Gasteiger partial charge < -0.3 is 9.80 Å². The van der Waals surface area contributed by atoms with Gasteiger partial charge in [0.25, 0.3) is 0 Å². The van der Waals surface area contributed by atoms with Crippen molar-refractivity contribution in [1.82, 2.24) is 9.62 Å². The number of halogens is 1. The van der Waals surface area contributed by atoms with Gasteiger partial charge in [0.2, 0.25) is 15.9 Å². The Kier molecular flexibility index (Phi) is 7.46. The molecule has 1 aliphatic rings. The zero-order valence-electron chi connectivity index (χ0n) is 17.7. The second-order valence-electron chi connectivity index (χ2n) is 7.86. The molecule has 31 heavy (non-hydrogen) atoms. The van der Waals surface area contributed by atoms with Gasteiger partial charge >= 0.3 is 0 Å². The molecule has 1 N–H and O–H groups in total. The Morgan fingerprint density at radius 1 is 1.00 bits per heavy atom. The number of hydrogen-bond donors (Lipinski definition) is 1. The molecule has 1 atom stereocenters. The third-order valence-corrected chi connectivity index (χ3v) is 6.32. The van der Waals surface area contributed by atoms with E-state index in [1.165, 1.54) is 12.1 Å². The number of para-hydroxylation sites is 1. The highest BCUT2D eigenvalue weighted by atomic mass is 32.2. The number of piperazine rings is 1. The number of rotatable bonds is 7. The minimum absolute atomic E-state index is 0.225. The average molecular weight is 446 g/mol. The van der Waals surface area contributed by atoms with E-state index >= 15 is 0 Å². The Bertz CT molecular complexity index is 1020. The van der Waals surface area contributed by atoms with E-state index in [0.29, 0.717) is 31.9 Å². The summed E-state index contributed by atoms with van der Waals surface area (Å²) in [6.07, 6.45) is 1.50. The Hall–Kier alpha value is -2.71. The predicted octanol–water partition coefficient (Wildman–Crippen LogP) is 3.09. The minimum Gasteiger partial charge on any atom is -0.366 e. The summed E-state index contributed by atoms with van der Waals surface area (Å²) >= 11 is 0. The lowest BCUT2D eigenvalue weighted by molar-refractivity contribution is -0.134. The highest BCUT2D eigenvalue weighted by molar-refractivity contribution is 7.92. The largest absolute Gasteiger partial charge is 0.366 e. The molecular formula is C23H28FN3O3S. The number of anilines is 1. The number of carbonyl (C=O) groups is 1. The van der Waals surface area contributed by atoms with Crippen molar-refractivity contribution in [2.75, 3.05) is 31.1 Å². The molecule has 0 saturated carbocycles. The molecule has 0 aromatic heterocycles. The van der Waals surface area contributed by atoms with Gasteiger partial charge in [0.05, 0.1) is 5.69 Å². The minimum atomic E-state index is -3.81. The van der Waals surface area contributed by atoms with Crippen molar-refractivity contribution in [1.29, 1.82) is 0 Å². The molecule has 166 valence electrons. The first kappa shape index (κ1) is 23.0. The third-order valence-electron chi connectivity index (χ3n) is 5.25.